The molecular weight excluding hydrogens is 328 g/mol. The van der Waals surface area contributed by atoms with Crippen molar-refractivity contribution in [3.63, 3.8) is 0 Å². The van der Waals surface area contributed by atoms with Gasteiger partial charge in [0.05, 0.1) is 5.39 Å². The maximum Gasteiger partial charge on any atom is 0.141 e. The Bertz CT molecular complexity index is 756. The normalized spacial score (nSPS) is 25.6. The Morgan fingerprint density at radius 1 is 1.04 bits per heavy atom. The molecule has 134 valence electrons. The minimum absolute atomic E-state index is 0.789. The fourth-order valence-corrected chi connectivity index (χ4v) is 6.25. The minimum atomic E-state index is 0.789. The van der Waals surface area contributed by atoms with Gasteiger partial charge < -0.3 is 4.90 Å². The van der Waals surface area contributed by atoms with Crippen molar-refractivity contribution in [3.8, 4) is 0 Å². The molecule has 1 saturated heterocycles. The summed E-state index contributed by atoms with van der Waals surface area (Å²) in [6.07, 6.45) is 11.2. The second-order valence-corrected chi connectivity index (χ2v) is 9.27. The molecule has 0 bridgehead atoms. The molecule has 1 atom stereocenters. The highest BCUT2D eigenvalue weighted by molar-refractivity contribution is 7.19. The molecule has 0 unspecified atom stereocenters. The van der Waals surface area contributed by atoms with Crippen LogP contribution in [0.5, 0.6) is 0 Å². The van der Waals surface area contributed by atoms with Gasteiger partial charge in [-0.15, -0.1) is 11.3 Å². The zero-order chi connectivity index (χ0) is 16.8. The Labute approximate surface area is 154 Å². The van der Waals surface area contributed by atoms with Crippen molar-refractivity contribution in [2.45, 2.75) is 57.9 Å². The van der Waals surface area contributed by atoms with Crippen LogP contribution in [0.1, 0.15) is 49.5 Å². The van der Waals surface area contributed by atoms with Crippen LogP contribution in [0.15, 0.2) is 6.33 Å². The van der Waals surface area contributed by atoms with Crippen LogP contribution in [0.4, 0.5) is 5.82 Å². The Morgan fingerprint density at radius 2 is 1.84 bits per heavy atom. The van der Waals surface area contributed by atoms with Gasteiger partial charge in [0.1, 0.15) is 17.0 Å². The summed E-state index contributed by atoms with van der Waals surface area (Å²) in [5, 5.41) is 1.38. The largest absolute Gasteiger partial charge is 0.353 e. The van der Waals surface area contributed by atoms with E-state index in [9.17, 15) is 0 Å². The van der Waals surface area contributed by atoms with E-state index in [1.54, 1.807) is 16.8 Å². The van der Waals surface area contributed by atoms with E-state index in [0.717, 1.165) is 25.0 Å². The van der Waals surface area contributed by atoms with Gasteiger partial charge in [-0.25, -0.2) is 9.97 Å². The average Bonchev–Trinajstić information content (AvgIpc) is 3.29. The molecule has 25 heavy (non-hydrogen) atoms. The molecule has 0 amide bonds. The molecule has 1 saturated carbocycles. The van der Waals surface area contributed by atoms with Crippen LogP contribution in [0.25, 0.3) is 10.2 Å². The van der Waals surface area contributed by atoms with Gasteiger partial charge in [-0.1, -0.05) is 19.8 Å². The first-order valence-electron chi connectivity index (χ1n) is 10.0. The van der Waals surface area contributed by atoms with Crippen molar-refractivity contribution in [2.24, 2.45) is 5.92 Å². The fraction of sp³-hybridized carbons (Fsp3) is 0.700. The molecular formula is C20H28N4S. The van der Waals surface area contributed by atoms with E-state index in [1.165, 1.54) is 74.1 Å². The molecule has 0 N–H and O–H groups in total. The van der Waals surface area contributed by atoms with Crippen molar-refractivity contribution in [2.75, 3.05) is 31.1 Å². The molecule has 2 aromatic heterocycles. The molecule has 2 aromatic rings. The molecule has 4 nitrogen and oxygen atoms in total. The number of fused-ring (bicyclic) bond motifs is 3. The Balaban J connectivity index is 1.42. The molecule has 2 fully saturated rings. The Kier molecular flexibility index (Phi) is 4.17. The summed E-state index contributed by atoms with van der Waals surface area (Å²) in [5.74, 6) is 2.00. The molecule has 0 aromatic carbocycles. The Hall–Kier alpha value is -1.20. The number of rotatable bonds is 2. The van der Waals surface area contributed by atoms with Crippen molar-refractivity contribution >= 4 is 27.4 Å². The number of hydrogen-bond donors (Lipinski definition) is 0. The number of aryl methyl sites for hydroxylation is 1. The van der Waals surface area contributed by atoms with Crippen LogP contribution < -0.4 is 4.90 Å². The van der Waals surface area contributed by atoms with Gasteiger partial charge in [-0.05, 0) is 43.6 Å². The van der Waals surface area contributed by atoms with Crippen molar-refractivity contribution < 1.29 is 0 Å². The lowest BCUT2D eigenvalue weighted by Crippen LogP contribution is -2.50. The highest BCUT2D eigenvalue weighted by atomic mass is 32.1. The number of aromatic nitrogens is 2. The first kappa shape index (κ1) is 16.0. The first-order valence-corrected chi connectivity index (χ1v) is 10.9. The highest BCUT2D eigenvalue weighted by Crippen LogP contribution is 2.40. The monoisotopic (exact) mass is 356 g/mol. The van der Waals surface area contributed by atoms with Crippen LogP contribution in [0.2, 0.25) is 0 Å². The number of hydrogen-bond acceptors (Lipinski definition) is 5. The van der Waals surface area contributed by atoms with Gasteiger partial charge in [0.25, 0.3) is 0 Å². The number of thiophene rings is 1. The van der Waals surface area contributed by atoms with Gasteiger partial charge in [0.15, 0.2) is 0 Å². The second-order valence-electron chi connectivity index (χ2n) is 8.19. The summed E-state index contributed by atoms with van der Waals surface area (Å²) < 4.78 is 0. The molecule has 0 radical (unpaired) electrons. The zero-order valence-electron chi connectivity index (χ0n) is 15.2. The van der Waals surface area contributed by atoms with E-state index in [-0.39, 0.29) is 0 Å². The van der Waals surface area contributed by atoms with Crippen LogP contribution in [-0.2, 0) is 12.8 Å². The topological polar surface area (TPSA) is 32.3 Å². The lowest BCUT2D eigenvalue weighted by molar-refractivity contribution is 0.187. The number of nitrogens with zero attached hydrogens (tertiary/aromatic N) is 4. The van der Waals surface area contributed by atoms with Crippen LogP contribution in [0, 0.1) is 5.92 Å². The summed E-state index contributed by atoms with van der Waals surface area (Å²) >= 11 is 1.91. The van der Waals surface area contributed by atoms with E-state index in [2.05, 4.69) is 21.7 Å². The molecule has 0 spiro atoms. The van der Waals surface area contributed by atoms with Crippen molar-refractivity contribution in [1.82, 2.24) is 14.9 Å². The maximum atomic E-state index is 4.76. The van der Waals surface area contributed by atoms with E-state index < -0.39 is 0 Å². The van der Waals surface area contributed by atoms with Gasteiger partial charge >= 0.3 is 0 Å². The third kappa shape index (κ3) is 2.85. The smallest absolute Gasteiger partial charge is 0.141 e. The molecule has 5 heteroatoms. The van der Waals surface area contributed by atoms with Gasteiger partial charge in [0, 0.05) is 37.1 Å². The van der Waals surface area contributed by atoms with Gasteiger partial charge in [-0.3, -0.25) is 4.90 Å². The predicted molar refractivity (Wildman–Crippen MR) is 105 cm³/mol. The van der Waals surface area contributed by atoms with Gasteiger partial charge in [0.2, 0.25) is 0 Å². The van der Waals surface area contributed by atoms with E-state index in [1.807, 2.05) is 11.3 Å². The summed E-state index contributed by atoms with van der Waals surface area (Å²) in [6.45, 7) is 7.00. The standard InChI is InChI=1S/C20H28N4S/c1-14-6-7-17-16(12-14)18-19(21-13-22-20(18)25-17)24-10-8-23(9-11-24)15-4-2-3-5-15/h13-15H,2-12H2,1H3/t14-/m0/s1. The summed E-state index contributed by atoms with van der Waals surface area (Å²) in [4.78, 5) is 17.4. The lowest BCUT2D eigenvalue weighted by Gasteiger charge is -2.38. The van der Waals surface area contributed by atoms with Crippen LogP contribution >= 0.6 is 11.3 Å². The predicted octanol–water partition coefficient (Wildman–Crippen LogP) is 3.88. The van der Waals surface area contributed by atoms with E-state index in [0.29, 0.717) is 0 Å². The first-order chi connectivity index (χ1) is 12.3. The van der Waals surface area contributed by atoms with E-state index >= 15 is 0 Å². The van der Waals surface area contributed by atoms with Crippen LogP contribution in [0.3, 0.4) is 0 Å². The SMILES string of the molecule is C[C@H]1CCc2sc3ncnc(N4CCN(C5CCCC5)CC4)c3c2C1. The number of piperazine rings is 1. The average molecular weight is 357 g/mol. The van der Waals surface area contributed by atoms with Crippen LogP contribution in [-0.4, -0.2) is 47.1 Å². The molecule has 5 rings (SSSR count). The van der Waals surface area contributed by atoms with Crippen molar-refractivity contribution in [3.05, 3.63) is 16.8 Å². The Morgan fingerprint density at radius 3 is 2.64 bits per heavy atom. The minimum Gasteiger partial charge on any atom is -0.353 e. The fourth-order valence-electron chi connectivity index (χ4n) is 5.07. The molecule has 1 aliphatic heterocycles. The van der Waals surface area contributed by atoms with Crippen molar-refractivity contribution in [1.29, 1.82) is 0 Å². The summed E-state index contributed by atoms with van der Waals surface area (Å²) in [7, 11) is 0. The molecule has 3 heterocycles. The quantitative estimate of drug-likeness (QED) is 0.817. The second kappa shape index (κ2) is 6.51. The third-order valence-corrected chi connectivity index (χ3v) is 7.72. The molecule has 2 aliphatic carbocycles. The summed E-state index contributed by atoms with van der Waals surface area (Å²) in [6, 6.07) is 0.849. The molecule has 3 aliphatic rings. The highest BCUT2D eigenvalue weighted by Gasteiger charge is 2.29. The van der Waals surface area contributed by atoms with Gasteiger partial charge in [-0.2, -0.15) is 0 Å². The maximum absolute atomic E-state index is 4.76. The summed E-state index contributed by atoms with van der Waals surface area (Å²) in [5.41, 5.74) is 1.56. The zero-order valence-corrected chi connectivity index (χ0v) is 16.0. The lowest BCUT2D eigenvalue weighted by atomic mass is 9.88. The number of anilines is 1. The third-order valence-electron chi connectivity index (χ3n) is 6.52. The van der Waals surface area contributed by atoms with E-state index in [4.69, 9.17) is 4.98 Å².